The Morgan fingerprint density at radius 2 is 2.04 bits per heavy atom. The second-order valence-corrected chi connectivity index (χ2v) is 6.97. The molecule has 1 aliphatic rings. The third-order valence-corrected chi connectivity index (χ3v) is 5.01. The van der Waals surface area contributed by atoms with E-state index in [1.165, 1.54) is 0 Å². The van der Waals surface area contributed by atoms with E-state index in [9.17, 15) is 18.0 Å². The van der Waals surface area contributed by atoms with Gasteiger partial charge in [-0.2, -0.15) is 18.2 Å². The average molecular weight is 421 g/mol. The van der Waals surface area contributed by atoms with Gasteiger partial charge in [-0.15, -0.1) is 17.5 Å². The fourth-order valence-corrected chi connectivity index (χ4v) is 3.45. The topological polar surface area (TPSA) is 84.2 Å². The summed E-state index contributed by atoms with van der Waals surface area (Å²) in [7, 11) is 0. The maximum atomic E-state index is 12.8. The minimum Gasteiger partial charge on any atom is -0.352 e. The second-order valence-electron chi connectivity index (χ2n) is 6.97. The Balaban J connectivity index is 0.00000280. The molecule has 0 spiro atoms. The molecule has 0 saturated carbocycles. The molecule has 2 aromatic rings. The van der Waals surface area contributed by atoms with Crippen LogP contribution >= 0.6 is 12.4 Å². The van der Waals surface area contributed by atoms with E-state index in [0.717, 1.165) is 23.9 Å². The molecule has 0 aromatic carbocycles. The van der Waals surface area contributed by atoms with Crippen LogP contribution in [-0.2, 0) is 17.4 Å². The largest absolute Gasteiger partial charge is 0.453 e. The van der Waals surface area contributed by atoms with Gasteiger partial charge < -0.3 is 10.6 Å². The molecule has 28 heavy (non-hydrogen) atoms. The Labute approximate surface area is 166 Å². The van der Waals surface area contributed by atoms with Crippen LogP contribution in [-0.4, -0.2) is 44.1 Å². The van der Waals surface area contributed by atoms with Crippen molar-refractivity contribution in [3.05, 3.63) is 22.8 Å². The molecule has 1 amide bonds. The average Bonchev–Trinajstić information content (AvgIpc) is 3.01. The van der Waals surface area contributed by atoms with Crippen molar-refractivity contribution in [2.75, 3.05) is 6.54 Å². The SMILES string of the molecule is Cc1nc2nc(C(F)(F)F)nn2c(C)c1CCC(=O)NC1CCCNC1C.Cl. The van der Waals surface area contributed by atoms with Crippen LogP contribution in [0.1, 0.15) is 49.0 Å². The van der Waals surface area contributed by atoms with Crippen LogP contribution in [0.15, 0.2) is 0 Å². The molecule has 2 aromatic heterocycles. The van der Waals surface area contributed by atoms with E-state index in [2.05, 4.69) is 25.7 Å². The number of rotatable bonds is 4. The van der Waals surface area contributed by atoms with Crippen molar-refractivity contribution < 1.29 is 18.0 Å². The van der Waals surface area contributed by atoms with Gasteiger partial charge in [-0.05, 0) is 52.1 Å². The lowest BCUT2D eigenvalue weighted by Crippen LogP contribution is -2.51. The number of hydrogen-bond donors (Lipinski definition) is 2. The number of nitrogens with zero attached hydrogens (tertiary/aromatic N) is 4. The van der Waals surface area contributed by atoms with Crippen molar-refractivity contribution in [2.24, 2.45) is 0 Å². The standard InChI is InChI=1S/C17H23F3N6O.ClH/c1-9-12(6-7-14(27)23-13-5-4-8-21-10(13)2)11(3)26-16(22-9)24-15(25-26)17(18,19)20;/h10,13,21H,4-8H2,1-3H3,(H,23,27);1H. The first kappa shape index (κ1) is 22.4. The first-order valence-corrected chi connectivity index (χ1v) is 8.99. The Bertz CT molecular complexity index is 854. The molecule has 2 atom stereocenters. The minimum absolute atomic E-state index is 0. The molecular weight excluding hydrogens is 397 g/mol. The number of aromatic nitrogens is 4. The molecule has 1 fully saturated rings. The quantitative estimate of drug-likeness (QED) is 0.793. The summed E-state index contributed by atoms with van der Waals surface area (Å²) in [5.74, 6) is -1.39. The van der Waals surface area contributed by atoms with Crippen LogP contribution in [0.25, 0.3) is 5.78 Å². The van der Waals surface area contributed by atoms with E-state index >= 15 is 0 Å². The van der Waals surface area contributed by atoms with E-state index in [1.54, 1.807) is 13.8 Å². The number of aryl methyl sites for hydroxylation is 2. The zero-order valence-corrected chi connectivity index (χ0v) is 16.7. The Morgan fingerprint density at radius 3 is 2.68 bits per heavy atom. The first-order valence-electron chi connectivity index (χ1n) is 8.99. The number of hydrogen-bond acceptors (Lipinski definition) is 5. The summed E-state index contributed by atoms with van der Waals surface area (Å²) in [6, 6.07) is 0.318. The van der Waals surface area contributed by atoms with Gasteiger partial charge >= 0.3 is 6.18 Å². The molecule has 3 rings (SSSR count). The van der Waals surface area contributed by atoms with Gasteiger partial charge in [-0.1, -0.05) is 0 Å². The fourth-order valence-electron chi connectivity index (χ4n) is 3.45. The fraction of sp³-hybridized carbons (Fsp3) is 0.647. The number of amides is 1. The van der Waals surface area contributed by atoms with E-state index in [0.29, 0.717) is 23.4 Å². The zero-order chi connectivity index (χ0) is 19.8. The molecule has 1 saturated heterocycles. The van der Waals surface area contributed by atoms with E-state index in [1.807, 2.05) is 6.92 Å². The van der Waals surface area contributed by atoms with Crippen LogP contribution in [0.4, 0.5) is 13.2 Å². The molecule has 2 unspecified atom stereocenters. The summed E-state index contributed by atoms with van der Waals surface area (Å²) in [6.07, 6.45) is -2.06. The normalized spacial score (nSPS) is 20.1. The van der Waals surface area contributed by atoms with Gasteiger partial charge in [0.2, 0.25) is 5.91 Å². The van der Waals surface area contributed by atoms with Crippen molar-refractivity contribution >= 4 is 24.1 Å². The number of halogens is 4. The van der Waals surface area contributed by atoms with Crippen molar-refractivity contribution in [2.45, 2.75) is 64.7 Å². The smallest absolute Gasteiger partial charge is 0.352 e. The van der Waals surface area contributed by atoms with Crippen LogP contribution in [0.2, 0.25) is 0 Å². The van der Waals surface area contributed by atoms with Gasteiger partial charge in [0.1, 0.15) is 0 Å². The Kier molecular flexibility index (Phi) is 6.87. The number of fused-ring (bicyclic) bond motifs is 1. The lowest BCUT2D eigenvalue weighted by molar-refractivity contribution is -0.144. The summed E-state index contributed by atoms with van der Waals surface area (Å²) in [5.41, 5.74) is 1.79. The maximum Gasteiger partial charge on any atom is 0.453 e. The van der Waals surface area contributed by atoms with E-state index in [4.69, 9.17) is 0 Å². The maximum absolute atomic E-state index is 12.8. The molecule has 1 aliphatic heterocycles. The molecule has 2 N–H and O–H groups in total. The van der Waals surface area contributed by atoms with Crippen molar-refractivity contribution in [1.29, 1.82) is 0 Å². The minimum atomic E-state index is -4.63. The van der Waals surface area contributed by atoms with Crippen LogP contribution in [0, 0.1) is 13.8 Å². The van der Waals surface area contributed by atoms with Gasteiger partial charge in [0, 0.05) is 29.9 Å². The van der Waals surface area contributed by atoms with Gasteiger partial charge in [-0.25, -0.2) is 9.50 Å². The summed E-state index contributed by atoms with van der Waals surface area (Å²) in [5, 5.41) is 9.89. The molecule has 7 nitrogen and oxygen atoms in total. The summed E-state index contributed by atoms with van der Waals surface area (Å²) in [6.45, 7) is 6.36. The number of carbonyl (C=O) groups is 1. The van der Waals surface area contributed by atoms with Crippen LogP contribution in [0.3, 0.4) is 0 Å². The van der Waals surface area contributed by atoms with E-state index in [-0.39, 0.29) is 42.6 Å². The molecule has 11 heteroatoms. The van der Waals surface area contributed by atoms with E-state index < -0.39 is 12.0 Å². The summed E-state index contributed by atoms with van der Waals surface area (Å²) in [4.78, 5) is 19.9. The van der Waals surface area contributed by atoms with Gasteiger partial charge in [0.25, 0.3) is 11.6 Å². The highest BCUT2D eigenvalue weighted by Crippen LogP contribution is 2.27. The highest BCUT2D eigenvalue weighted by atomic mass is 35.5. The number of alkyl halides is 3. The number of carbonyl (C=O) groups excluding carboxylic acids is 1. The zero-order valence-electron chi connectivity index (χ0n) is 15.9. The number of nitrogens with one attached hydrogen (secondary N) is 2. The molecule has 156 valence electrons. The lowest BCUT2D eigenvalue weighted by Gasteiger charge is -2.30. The lowest BCUT2D eigenvalue weighted by atomic mass is 9.99. The highest BCUT2D eigenvalue weighted by molar-refractivity contribution is 5.85. The number of piperidine rings is 1. The molecule has 0 radical (unpaired) electrons. The van der Waals surface area contributed by atoms with Crippen molar-refractivity contribution in [3.63, 3.8) is 0 Å². The highest BCUT2D eigenvalue weighted by Gasteiger charge is 2.37. The Morgan fingerprint density at radius 1 is 1.32 bits per heavy atom. The third-order valence-electron chi connectivity index (χ3n) is 5.01. The molecule has 3 heterocycles. The predicted molar refractivity (Wildman–Crippen MR) is 99.5 cm³/mol. The monoisotopic (exact) mass is 420 g/mol. The predicted octanol–water partition coefficient (Wildman–Crippen LogP) is 2.37. The summed E-state index contributed by atoms with van der Waals surface area (Å²) >= 11 is 0. The molecular formula is C17H24ClF3N6O. The second kappa shape index (κ2) is 8.60. The Hall–Kier alpha value is -1.94. The van der Waals surface area contributed by atoms with Crippen LogP contribution in [0.5, 0.6) is 0 Å². The first-order chi connectivity index (χ1) is 12.7. The summed E-state index contributed by atoms with van der Waals surface area (Å²) < 4.78 is 39.6. The van der Waals surface area contributed by atoms with Crippen molar-refractivity contribution in [3.8, 4) is 0 Å². The van der Waals surface area contributed by atoms with Gasteiger partial charge in [0.05, 0.1) is 0 Å². The van der Waals surface area contributed by atoms with Gasteiger partial charge in [-0.3, -0.25) is 4.79 Å². The molecule has 0 bridgehead atoms. The van der Waals surface area contributed by atoms with Crippen LogP contribution < -0.4 is 10.6 Å². The van der Waals surface area contributed by atoms with Gasteiger partial charge in [0.15, 0.2) is 0 Å². The molecule has 0 aliphatic carbocycles. The third kappa shape index (κ3) is 4.72. The van der Waals surface area contributed by atoms with Crippen molar-refractivity contribution in [1.82, 2.24) is 30.2 Å².